The van der Waals surface area contributed by atoms with E-state index in [1.54, 1.807) is 42.5 Å². The van der Waals surface area contributed by atoms with Crippen molar-refractivity contribution in [2.45, 2.75) is 33.2 Å². The molecule has 0 aliphatic carbocycles. The van der Waals surface area contributed by atoms with E-state index in [2.05, 4.69) is 10.4 Å². The summed E-state index contributed by atoms with van der Waals surface area (Å²) in [6.45, 7) is 4.78. The van der Waals surface area contributed by atoms with Crippen molar-refractivity contribution in [1.82, 2.24) is 9.78 Å². The summed E-state index contributed by atoms with van der Waals surface area (Å²) in [6, 6.07) is 11.6. The Morgan fingerprint density at radius 3 is 2.33 bits per heavy atom. The summed E-state index contributed by atoms with van der Waals surface area (Å²) in [4.78, 5) is 37.2. The van der Waals surface area contributed by atoms with Gasteiger partial charge in [-0.05, 0) is 37.1 Å². The monoisotopic (exact) mass is 411 g/mol. The van der Waals surface area contributed by atoms with Crippen LogP contribution in [-0.2, 0) is 11.3 Å². The molecule has 0 aliphatic heterocycles. The quantitative estimate of drug-likeness (QED) is 0.564. The first-order valence-electron chi connectivity index (χ1n) is 9.94. The predicted molar refractivity (Wildman–Crippen MR) is 115 cm³/mol. The van der Waals surface area contributed by atoms with Crippen molar-refractivity contribution in [1.29, 1.82) is 0 Å². The number of rotatable bonds is 9. The Morgan fingerprint density at radius 2 is 1.63 bits per heavy atom. The van der Waals surface area contributed by atoms with E-state index in [-0.39, 0.29) is 11.9 Å². The van der Waals surface area contributed by atoms with Gasteiger partial charge < -0.3 is 14.8 Å². The number of amides is 1. The van der Waals surface area contributed by atoms with Crippen LogP contribution < -0.4 is 25.9 Å². The average molecular weight is 411 g/mol. The van der Waals surface area contributed by atoms with Gasteiger partial charge in [0.1, 0.15) is 6.54 Å². The van der Waals surface area contributed by atoms with Crippen LogP contribution in [0.15, 0.2) is 52.1 Å². The predicted octanol–water partition coefficient (Wildman–Crippen LogP) is 2.91. The van der Waals surface area contributed by atoms with E-state index < -0.39 is 17.0 Å². The first-order valence-corrected chi connectivity index (χ1v) is 9.94. The smallest absolute Gasteiger partial charge is 0.273 e. The molecule has 3 rings (SSSR count). The highest BCUT2D eigenvalue weighted by molar-refractivity contribution is 5.91. The Labute approximate surface area is 173 Å². The Hall–Kier alpha value is -3.55. The number of carbonyl (C=O) groups is 1. The summed E-state index contributed by atoms with van der Waals surface area (Å²) < 4.78 is 12.4. The lowest BCUT2D eigenvalue weighted by molar-refractivity contribution is -0.117. The summed E-state index contributed by atoms with van der Waals surface area (Å²) in [5.74, 6) is 0.699. The van der Waals surface area contributed by atoms with Crippen LogP contribution in [0.4, 0.5) is 5.69 Å². The summed E-state index contributed by atoms with van der Waals surface area (Å²) in [6.07, 6.45) is 1.70. The van der Waals surface area contributed by atoms with Crippen molar-refractivity contribution in [2.24, 2.45) is 0 Å². The molecule has 1 aromatic heterocycles. The lowest BCUT2D eigenvalue weighted by Crippen LogP contribution is -2.34. The van der Waals surface area contributed by atoms with Crippen LogP contribution in [0, 0.1) is 0 Å². The maximum Gasteiger partial charge on any atom is 0.273 e. The average Bonchev–Trinajstić information content (AvgIpc) is 2.75. The van der Waals surface area contributed by atoms with Gasteiger partial charge in [-0.25, -0.2) is 4.68 Å². The van der Waals surface area contributed by atoms with Crippen LogP contribution in [-0.4, -0.2) is 28.9 Å². The highest BCUT2D eigenvalue weighted by Gasteiger charge is 2.12. The summed E-state index contributed by atoms with van der Waals surface area (Å²) >= 11 is 0. The van der Waals surface area contributed by atoms with Crippen molar-refractivity contribution < 1.29 is 14.3 Å². The van der Waals surface area contributed by atoms with E-state index in [4.69, 9.17) is 9.47 Å². The topological polar surface area (TPSA) is 102 Å². The molecule has 8 heteroatoms. The number of H-pyrrole nitrogens is 1. The fraction of sp³-hybridized carbons (Fsp3) is 0.318. The number of benzene rings is 2. The number of aromatic amines is 1. The van der Waals surface area contributed by atoms with Gasteiger partial charge in [0.25, 0.3) is 11.1 Å². The van der Waals surface area contributed by atoms with Crippen LogP contribution in [0.3, 0.4) is 0 Å². The highest BCUT2D eigenvalue weighted by atomic mass is 16.5. The molecule has 1 amide bonds. The van der Waals surface area contributed by atoms with Crippen LogP contribution in [0.2, 0.25) is 0 Å². The Balaban J connectivity index is 1.79. The van der Waals surface area contributed by atoms with Gasteiger partial charge >= 0.3 is 0 Å². The normalized spacial score (nSPS) is 10.7. The molecule has 0 aliphatic rings. The third-order valence-corrected chi connectivity index (χ3v) is 4.34. The third-order valence-electron chi connectivity index (χ3n) is 4.34. The molecule has 3 aromatic rings. The minimum atomic E-state index is -0.452. The number of anilines is 1. The number of carbonyl (C=O) groups excluding carboxylic acids is 1. The molecule has 0 saturated heterocycles. The summed E-state index contributed by atoms with van der Waals surface area (Å²) in [5, 5.41) is 5.74. The van der Waals surface area contributed by atoms with Crippen molar-refractivity contribution in [3.8, 4) is 11.5 Å². The van der Waals surface area contributed by atoms with E-state index in [0.717, 1.165) is 17.5 Å². The zero-order valence-corrected chi connectivity index (χ0v) is 17.1. The first-order chi connectivity index (χ1) is 14.5. The minimum Gasteiger partial charge on any atom is -0.490 e. The molecule has 0 saturated carbocycles. The molecule has 1 heterocycles. The van der Waals surface area contributed by atoms with E-state index in [1.165, 1.54) is 0 Å². The summed E-state index contributed by atoms with van der Waals surface area (Å²) in [7, 11) is 0. The van der Waals surface area contributed by atoms with Crippen molar-refractivity contribution in [2.75, 3.05) is 18.5 Å². The fourth-order valence-electron chi connectivity index (χ4n) is 2.94. The number of nitrogens with one attached hydrogen (secondary N) is 2. The van der Waals surface area contributed by atoms with E-state index in [9.17, 15) is 14.4 Å². The van der Waals surface area contributed by atoms with Gasteiger partial charge in [-0.15, -0.1) is 0 Å². The Morgan fingerprint density at radius 1 is 0.967 bits per heavy atom. The molecule has 8 nitrogen and oxygen atoms in total. The van der Waals surface area contributed by atoms with E-state index in [0.29, 0.717) is 35.8 Å². The van der Waals surface area contributed by atoms with Gasteiger partial charge in [-0.3, -0.25) is 19.5 Å². The van der Waals surface area contributed by atoms with Crippen LogP contribution in [0.25, 0.3) is 10.8 Å². The summed E-state index contributed by atoms with van der Waals surface area (Å²) in [5.41, 5.74) is -0.354. The van der Waals surface area contributed by atoms with Gasteiger partial charge in [-0.2, -0.15) is 0 Å². The fourth-order valence-corrected chi connectivity index (χ4v) is 2.94. The van der Waals surface area contributed by atoms with Crippen LogP contribution in [0.5, 0.6) is 11.5 Å². The number of hydrogen-bond acceptors (Lipinski definition) is 5. The second-order valence-electron chi connectivity index (χ2n) is 6.78. The Kier molecular flexibility index (Phi) is 6.90. The molecule has 30 heavy (non-hydrogen) atoms. The zero-order valence-electron chi connectivity index (χ0n) is 17.1. The first kappa shape index (κ1) is 21.2. The van der Waals surface area contributed by atoms with E-state index in [1.807, 2.05) is 13.8 Å². The molecule has 0 unspecified atom stereocenters. The van der Waals surface area contributed by atoms with Crippen molar-refractivity contribution in [3.05, 3.63) is 63.2 Å². The van der Waals surface area contributed by atoms with Crippen molar-refractivity contribution >= 4 is 22.4 Å². The minimum absolute atomic E-state index is 0.265. The van der Waals surface area contributed by atoms with Gasteiger partial charge in [0.15, 0.2) is 11.5 Å². The molecular weight excluding hydrogens is 386 g/mol. The maximum absolute atomic E-state index is 12.6. The molecule has 0 radical (unpaired) electrons. The van der Waals surface area contributed by atoms with E-state index >= 15 is 0 Å². The Bertz CT molecular complexity index is 1150. The number of nitrogens with zero attached hydrogens (tertiary/aromatic N) is 1. The molecule has 0 fully saturated rings. The standard InChI is InChI=1S/C22H25N3O5/c1-3-11-29-18-10-9-15(13-19(18)30-12-4-2)23-20(26)14-25-22(28)17-8-6-5-7-16(17)21(27)24-25/h5-10,13H,3-4,11-12,14H2,1-2H3,(H,23,26)(H,24,27). The van der Waals surface area contributed by atoms with Crippen molar-refractivity contribution in [3.63, 3.8) is 0 Å². The molecule has 0 atom stereocenters. The number of fused-ring (bicyclic) bond motifs is 1. The van der Waals surface area contributed by atoms with Gasteiger partial charge in [0.2, 0.25) is 5.91 Å². The third kappa shape index (κ3) is 4.89. The highest BCUT2D eigenvalue weighted by Crippen LogP contribution is 2.31. The molecule has 158 valence electrons. The molecule has 0 bridgehead atoms. The van der Waals surface area contributed by atoms with Gasteiger partial charge in [0, 0.05) is 11.8 Å². The SMILES string of the molecule is CCCOc1ccc(NC(=O)Cn2[nH]c(=O)c3ccccc3c2=O)cc1OCCC. The van der Waals surface area contributed by atoms with Crippen LogP contribution in [0.1, 0.15) is 26.7 Å². The number of hydrogen-bond donors (Lipinski definition) is 2. The molecule has 0 spiro atoms. The maximum atomic E-state index is 12.6. The second-order valence-corrected chi connectivity index (χ2v) is 6.78. The molecule has 2 N–H and O–H groups in total. The largest absolute Gasteiger partial charge is 0.490 e. The zero-order chi connectivity index (χ0) is 21.5. The van der Waals surface area contributed by atoms with Gasteiger partial charge in [0.05, 0.1) is 24.0 Å². The van der Waals surface area contributed by atoms with Crippen LogP contribution >= 0.6 is 0 Å². The molecule has 2 aromatic carbocycles. The second kappa shape index (κ2) is 9.78. The number of aromatic nitrogens is 2. The lowest BCUT2D eigenvalue weighted by atomic mass is 10.2. The number of ether oxygens (including phenoxy) is 2. The molecular formula is C22H25N3O5. The van der Waals surface area contributed by atoms with Gasteiger partial charge in [-0.1, -0.05) is 26.0 Å². The lowest BCUT2D eigenvalue weighted by Gasteiger charge is -2.14.